The fourth-order valence-electron chi connectivity index (χ4n) is 6.03. The van der Waals surface area contributed by atoms with Crippen LogP contribution in [0, 0.1) is 0 Å². The van der Waals surface area contributed by atoms with Gasteiger partial charge >= 0.3 is 0 Å². The molecule has 0 saturated carbocycles. The Kier molecular flexibility index (Phi) is 15.8. The zero-order chi connectivity index (χ0) is 31.9. The van der Waals surface area contributed by atoms with E-state index in [2.05, 4.69) is 58.7 Å². The number of carbonyl (C=O) groups excluding carboxylic acids is 3. The summed E-state index contributed by atoms with van der Waals surface area (Å²) in [5.41, 5.74) is 8.52. The van der Waals surface area contributed by atoms with Gasteiger partial charge < -0.3 is 36.4 Å². The van der Waals surface area contributed by atoms with E-state index >= 15 is 0 Å². The Labute approximate surface area is 269 Å². The Morgan fingerprint density at radius 3 is 2.50 bits per heavy atom. The molecular formula is C33H57N7O3S. The average molecular weight is 632 g/mol. The summed E-state index contributed by atoms with van der Waals surface area (Å²) in [5.74, 6) is -0.0700. The van der Waals surface area contributed by atoms with E-state index in [9.17, 15) is 14.4 Å². The van der Waals surface area contributed by atoms with Crippen molar-refractivity contribution in [2.45, 2.75) is 95.3 Å². The van der Waals surface area contributed by atoms with Crippen molar-refractivity contribution in [3.05, 3.63) is 29.8 Å². The molecule has 1 aromatic rings. The van der Waals surface area contributed by atoms with Gasteiger partial charge in [-0.1, -0.05) is 32.4 Å². The molecule has 0 spiro atoms. The summed E-state index contributed by atoms with van der Waals surface area (Å²) in [5, 5.41) is 8.73. The van der Waals surface area contributed by atoms with Crippen molar-refractivity contribution in [3.63, 3.8) is 0 Å². The van der Waals surface area contributed by atoms with Crippen molar-refractivity contribution in [3.8, 4) is 0 Å². The highest BCUT2D eigenvalue weighted by Crippen LogP contribution is 2.33. The number of amides is 3. The summed E-state index contributed by atoms with van der Waals surface area (Å²) in [6, 6.07) is 8.01. The van der Waals surface area contributed by atoms with E-state index in [4.69, 9.17) is 5.73 Å². The molecule has 2 unspecified atom stereocenters. The molecule has 10 nitrogen and oxygen atoms in total. The molecule has 44 heavy (non-hydrogen) atoms. The van der Waals surface area contributed by atoms with Crippen molar-refractivity contribution in [1.29, 1.82) is 0 Å². The zero-order valence-electron chi connectivity index (χ0n) is 27.5. The van der Waals surface area contributed by atoms with Gasteiger partial charge in [-0.15, -0.1) is 11.8 Å². The Balaban J connectivity index is 1.37. The SMILES string of the molecule is CCN(CC)CCNC(=O)CCCc1ccc(NC[C@H]2SC([C@H](N)C(=O)NCCCN3CCCCC3C)N(CC)C2=O)cc1. The third kappa shape index (κ3) is 11.2. The lowest BCUT2D eigenvalue weighted by atomic mass is 10.0. The van der Waals surface area contributed by atoms with Crippen LogP contribution in [0.2, 0.25) is 0 Å². The van der Waals surface area contributed by atoms with Gasteiger partial charge in [0.1, 0.15) is 16.7 Å². The number of likely N-dealkylation sites (tertiary alicyclic amines) is 1. The molecule has 2 aliphatic heterocycles. The number of anilines is 1. The van der Waals surface area contributed by atoms with Crippen molar-refractivity contribution in [1.82, 2.24) is 25.3 Å². The number of aryl methyl sites for hydroxylation is 1. The molecular weight excluding hydrogens is 574 g/mol. The van der Waals surface area contributed by atoms with E-state index in [1.54, 1.807) is 4.90 Å². The molecule has 2 aliphatic rings. The standard InChI is InChI=1S/C33H57N7O3S/c1-5-38(6-2)23-20-35-29(41)14-10-13-26-15-17-27(18-16-26)37-24-28-32(43)40(7-3)33(44-28)30(34)31(42)36-19-11-22-39-21-9-8-12-25(39)4/h15-18,25,28,30,33,37H,5-14,19-24,34H2,1-4H3,(H,35,41)(H,36,42)/t25?,28-,30-,33?/m1/s1. The van der Waals surface area contributed by atoms with Crippen molar-refractivity contribution >= 4 is 35.2 Å². The number of hydrogen-bond donors (Lipinski definition) is 4. The molecule has 4 atom stereocenters. The van der Waals surface area contributed by atoms with Crippen molar-refractivity contribution < 1.29 is 14.4 Å². The number of hydrogen-bond acceptors (Lipinski definition) is 8. The van der Waals surface area contributed by atoms with Gasteiger partial charge in [0, 0.05) is 57.4 Å². The van der Waals surface area contributed by atoms with E-state index in [0.717, 1.165) is 57.7 Å². The Hall–Kier alpha value is -2.34. The Morgan fingerprint density at radius 2 is 1.82 bits per heavy atom. The highest BCUT2D eigenvalue weighted by molar-refractivity contribution is 8.01. The maximum atomic E-state index is 13.2. The summed E-state index contributed by atoms with van der Waals surface area (Å²) in [6.45, 7) is 15.7. The third-order valence-electron chi connectivity index (χ3n) is 8.94. The van der Waals surface area contributed by atoms with Crippen LogP contribution in [0.1, 0.15) is 71.8 Å². The Bertz CT molecular complexity index is 1020. The second-order valence-electron chi connectivity index (χ2n) is 12.0. The molecule has 0 bridgehead atoms. The van der Waals surface area contributed by atoms with Gasteiger partial charge in [0.05, 0.1) is 0 Å². The minimum atomic E-state index is -0.772. The van der Waals surface area contributed by atoms with Crippen LogP contribution in [0.3, 0.4) is 0 Å². The summed E-state index contributed by atoms with van der Waals surface area (Å²) in [4.78, 5) is 44.7. The number of likely N-dealkylation sites (N-methyl/N-ethyl adjacent to an activating group) is 2. The first-order valence-corrected chi connectivity index (χ1v) is 17.8. The van der Waals surface area contributed by atoms with Gasteiger partial charge in [0.25, 0.3) is 0 Å². The molecule has 2 saturated heterocycles. The number of rotatable bonds is 19. The predicted molar refractivity (Wildman–Crippen MR) is 182 cm³/mol. The third-order valence-corrected chi connectivity index (χ3v) is 10.5. The highest BCUT2D eigenvalue weighted by atomic mass is 32.2. The maximum absolute atomic E-state index is 13.2. The van der Waals surface area contributed by atoms with Crippen LogP contribution in [0.4, 0.5) is 5.69 Å². The minimum Gasteiger partial charge on any atom is -0.383 e. The van der Waals surface area contributed by atoms with E-state index < -0.39 is 6.04 Å². The van der Waals surface area contributed by atoms with Gasteiger partial charge in [-0.25, -0.2) is 0 Å². The fourth-order valence-corrected chi connectivity index (χ4v) is 7.49. The molecule has 2 heterocycles. The molecule has 3 amide bonds. The van der Waals surface area contributed by atoms with Crippen LogP contribution in [-0.4, -0.2) is 114 Å². The lowest BCUT2D eigenvalue weighted by molar-refractivity contribution is -0.131. The lowest BCUT2D eigenvalue weighted by Gasteiger charge is -2.33. The topological polar surface area (TPSA) is 123 Å². The predicted octanol–water partition coefficient (Wildman–Crippen LogP) is 2.88. The second-order valence-corrected chi connectivity index (χ2v) is 13.3. The summed E-state index contributed by atoms with van der Waals surface area (Å²) >= 11 is 1.48. The molecule has 3 rings (SSSR count). The molecule has 1 aromatic carbocycles. The summed E-state index contributed by atoms with van der Waals surface area (Å²) in [7, 11) is 0. The van der Waals surface area contributed by atoms with Crippen LogP contribution in [0.25, 0.3) is 0 Å². The highest BCUT2D eigenvalue weighted by Gasteiger charge is 2.44. The number of piperidine rings is 1. The Morgan fingerprint density at radius 1 is 1.07 bits per heavy atom. The van der Waals surface area contributed by atoms with Crippen molar-refractivity contribution in [2.24, 2.45) is 5.73 Å². The smallest absolute Gasteiger partial charge is 0.239 e. The number of nitrogens with zero attached hydrogens (tertiary/aromatic N) is 3. The van der Waals surface area contributed by atoms with E-state index in [0.29, 0.717) is 38.6 Å². The van der Waals surface area contributed by atoms with Crippen LogP contribution in [-0.2, 0) is 20.8 Å². The lowest BCUT2D eigenvalue weighted by Crippen LogP contribution is -2.53. The fraction of sp³-hybridized carbons (Fsp3) is 0.727. The molecule has 11 heteroatoms. The molecule has 0 radical (unpaired) electrons. The molecule has 248 valence electrons. The van der Waals surface area contributed by atoms with Crippen molar-refractivity contribution in [2.75, 3.05) is 64.2 Å². The number of thioether (sulfide) groups is 1. The first kappa shape index (κ1) is 36.1. The largest absolute Gasteiger partial charge is 0.383 e. The normalized spacial score (nSPS) is 21.5. The van der Waals surface area contributed by atoms with E-state index in [-0.39, 0.29) is 28.3 Å². The number of benzene rings is 1. The van der Waals surface area contributed by atoms with Crippen LogP contribution in [0.5, 0.6) is 0 Å². The molecule has 0 aromatic heterocycles. The maximum Gasteiger partial charge on any atom is 0.239 e. The van der Waals surface area contributed by atoms with Crippen LogP contribution in [0.15, 0.2) is 24.3 Å². The number of carbonyl (C=O) groups is 3. The van der Waals surface area contributed by atoms with Gasteiger partial charge in [0.15, 0.2) is 0 Å². The zero-order valence-corrected chi connectivity index (χ0v) is 28.3. The van der Waals surface area contributed by atoms with Crippen LogP contribution >= 0.6 is 11.8 Å². The van der Waals surface area contributed by atoms with Gasteiger partial charge in [-0.2, -0.15) is 0 Å². The quantitative estimate of drug-likeness (QED) is 0.172. The van der Waals surface area contributed by atoms with E-state index in [1.165, 1.54) is 36.6 Å². The molecule has 2 fully saturated rings. The summed E-state index contributed by atoms with van der Waals surface area (Å²) in [6.07, 6.45) is 6.86. The number of nitrogens with two attached hydrogens (primary N) is 1. The van der Waals surface area contributed by atoms with Gasteiger partial charge in [0.2, 0.25) is 17.7 Å². The second kappa shape index (κ2) is 19.2. The molecule has 5 N–H and O–H groups in total. The monoisotopic (exact) mass is 631 g/mol. The number of nitrogens with one attached hydrogen (secondary N) is 3. The molecule has 0 aliphatic carbocycles. The first-order chi connectivity index (χ1) is 21.3. The first-order valence-electron chi connectivity index (χ1n) is 16.8. The van der Waals surface area contributed by atoms with Gasteiger partial charge in [-0.05, 0) is 83.3 Å². The average Bonchev–Trinajstić information content (AvgIpc) is 3.36. The minimum absolute atomic E-state index is 0.0179. The van der Waals surface area contributed by atoms with Crippen LogP contribution < -0.4 is 21.7 Å². The van der Waals surface area contributed by atoms with Gasteiger partial charge in [-0.3, -0.25) is 14.4 Å². The summed E-state index contributed by atoms with van der Waals surface area (Å²) < 4.78 is 0. The van der Waals surface area contributed by atoms with E-state index in [1.807, 2.05) is 19.1 Å².